The molecule has 0 unspecified atom stereocenters. The van der Waals surface area contributed by atoms with Crippen molar-refractivity contribution in [2.75, 3.05) is 7.11 Å². The van der Waals surface area contributed by atoms with E-state index in [1.165, 1.54) is 6.33 Å². The summed E-state index contributed by atoms with van der Waals surface area (Å²) in [6, 6.07) is 6.61. The summed E-state index contributed by atoms with van der Waals surface area (Å²) >= 11 is 11.7. The van der Waals surface area contributed by atoms with E-state index < -0.39 is 0 Å². The summed E-state index contributed by atoms with van der Waals surface area (Å²) in [7, 11) is 1.55. The molecule has 0 saturated heterocycles. The van der Waals surface area contributed by atoms with Crippen LogP contribution < -0.4 is 4.74 Å². The molecule has 0 saturated carbocycles. The molecular formula is C12H8Cl2N2O2. The molecule has 0 spiro atoms. The van der Waals surface area contributed by atoms with Crippen molar-refractivity contribution in [1.82, 2.24) is 9.97 Å². The number of hydrogen-bond acceptors (Lipinski definition) is 4. The van der Waals surface area contributed by atoms with Crippen LogP contribution >= 0.6 is 23.2 Å². The number of benzene rings is 1. The highest BCUT2D eigenvalue weighted by Gasteiger charge is 2.18. The van der Waals surface area contributed by atoms with Crippen LogP contribution in [0.4, 0.5) is 0 Å². The normalized spacial score (nSPS) is 10.2. The van der Waals surface area contributed by atoms with Gasteiger partial charge in [0.1, 0.15) is 22.4 Å². The zero-order valence-electron chi connectivity index (χ0n) is 9.35. The second-order valence-electron chi connectivity index (χ2n) is 3.39. The lowest BCUT2D eigenvalue weighted by molar-refractivity contribution is 0.103. The van der Waals surface area contributed by atoms with Gasteiger partial charge >= 0.3 is 0 Å². The quantitative estimate of drug-likeness (QED) is 0.641. The number of hydrogen-bond donors (Lipinski definition) is 0. The third kappa shape index (κ3) is 2.44. The number of rotatable bonds is 3. The summed E-state index contributed by atoms with van der Waals surface area (Å²) in [5, 5.41) is 0.0756. The maximum absolute atomic E-state index is 12.2. The average Bonchev–Trinajstić information content (AvgIpc) is 2.38. The van der Waals surface area contributed by atoms with Gasteiger partial charge in [0, 0.05) is 5.56 Å². The van der Waals surface area contributed by atoms with Gasteiger partial charge in [0.15, 0.2) is 5.78 Å². The summed E-state index contributed by atoms with van der Waals surface area (Å²) in [6.07, 6.45) is 1.20. The van der Waals surface area contributed by atoms with Crippen molar-refractivity contribution in [2.24, 2.45) is 0 Å². The standard InChI is InChI=1S/C12H8Cl2N2O2/c1-18-8-4-2-7(3-5-8)10(17)9-11(13)15-6-16-12(9)14/h2-6H,1H3. The molecule has 0 atom stereocenters. The molecule has 6 heteroatoms. The Labute approximate surface area is 114 Å². The maximum atomic E-state index is 12.2. The van der Waals surface area contributed by atoms with E-state index in [0.717, 1.165) is 0 Å². The van der Waals surface area contributed by atoms with Crippen LogP contribution in [-0.2, 0) is 0 Å². The number of ketones is 1. The SMILES string of the molecule is COc1ccc(C(=O)c2c(Cl)ncnc2Cl)cc1. The Morgan fingerprint density at radius 1 is 1.11 bits per heavy atom. The van der Waals surface area contributed by atoms with Gasteiger partial charge in [-0.25, -0.2) is 9.97 Å². The van der Waals surface area contributed by atoms with Gasteiger partial charge < -0.3 is 4.74 Å². The molecule has 1 heterocycles. The van der Waals surface area contributed by atoms with Crippen LogP contribution in [-0.4, -0.2) is 22.9 Å². The molecule has 0 radical (unpaired) electrons. The Kier molecular flexibility index (Phi) is 3.79. The van der Waals surface area contributed by atoms with Gasteiger partial charge in [-0.3, -0.25) is 4.79 Å². The Balaban J connectivity index is 2.41. The van der Waals surface area contributed by atoms with E-state index in [-0.39, 0.29) is 21.7 Å². The molecule has 0 aliphatic rings. The number of ether oxygens (including phenoxy) is 1. The lowest BCUT2D eigenvalue weighted by Crippen LogP contribution is -2.05. The first-order valence-electron chi connectivity index (χ1n) is 4.98. The van der Waals surface area contributed by atoms with Crippen molar-refractivity contribution >= 4 is 29.0 Å². The van der Waals surface area contributed by atoms with E-state index in [1.807, 2.05) is 0 Å². The van der Waals surface area contributed by atoms with Crippen molar-refractivity contribution < 1.29 is 9.53 Å². The van der Waals surface area contributed by atoms with E-state index in [1.54, 1.807) is 31.4 Å². The monoisotopic (exact) mass is 282 g/mol. The van der Waals surface area contributed by atoms with Gasteiger partial charge in [0.25, 0.3) is 0 Å². The van der Waals surface area contributed by atoms with E-state index in [0.29, 0.717) is 11.3 Å². The number of carbonyl (C=O) groups excluding carboxylic acids is 1. The highest BCUT2D eigenvalue weighted by Crippen LogP contribution is 2.24. The predicted octanol–water partition coefficient (Wildman–Crippen LogP) is 3.02. The highest BCUT2D eigenvalue weighted by atomic mass is 35.5. The zero-order valence-corrected chi connectivity index (χ0v) is 10.9. The molecule has 1 aromatic heterocycles. The summed E-state index contributed by atoms with van der Waals surface area (Å²) in [5.74, 6) is 0.335. The molecule has 2 rings (SSSR count). The molecule has 0 bridgehead atoms. The molecular weight excluding hydrogens is 275 g/mol. The first-order valence-corrected chi connectivity index (χ1v) is 5.74. The molecule has 4 nitrogen and oxygen atoms in total. The summed E-state index contributed by atoms with van der Waals surface area (Å²) in [5.41, 5.74) is 0.542. The fourth-order valence-electron chi connectivity index (χ4n) is 1.42. The Morgan fingerprint density at radius 3 is 2.17 bits per heavy atom. The number of carbonyl (C=O) groups is 1. The van der Waals surface area contributed by atoms with Crippen molar-refractivity contribution in [3.8, 4) is 5.75 Å². The van der Waals surface area contributed by atoms with Crippen molar-refractivity contribution in [3.63, 3.8) is 0 Å². The van der Waals surface area contributed by atoms with Crippen molar-refractivity contribution in [1.29, 1.82) is 0 Å². The minimum Gasteiger partial charge on any atom is -0.497 e. The predicted molar refractivity (Wildman–Crippen MR) is 68.5 cm³/mol. The lowest BCUT2D eigenvalue weighted by atomic mass is 10.1. The summed E-state index contributed by atoms with van der Waals surface area (Å²) < 4.78 is 5.01. The zero-order chi connectivity index (χ0) is 13.1. The fraction of sp³-hybridized carbons (Fsp3) is 0.0833. The minimum absolute atomic E-state index is 0.0378. The van der Waals surface area contributed by atoms with Gasteiger partial charge in [0.05, 0.1) is 12.7 Å². The maximum Gasteiger partial charge on any atom is 0.199 e. The minimum atomic E-state index is -0.326. The number of halogens is 2. The van der Waals surface area contributed by atoms with Crippen LogP contribution in [0.5, 0.6) is 5.75 Å². The van der Waals surface area contributed by atoms with Crippen LogP contribution in [0, 0.1) is 0 Å². The fourth-order valence-corrected chi connectivity index (χ4v) is 1.90. The molecule has 0 aliphatic carbocycles. The van der Waals surface area contributed by atoms with Crippen LogP contribution in [0.15, 0.2) is 30.6 Å². The molecule has 18 heavy (non-hydrogen) atoms. The largest absolute Gasteiger partial charge is 0.497 e. The van der Waals surface area contributed by atoms with Gasteiger partial charge in [-0.15, -0.1) is 0 Å². The van der Waals surface area contributed by atoms with E-state index >= 15 is 0 Å². The van der Waals surface area contributed by atoms with E-state index in [4.69, 9.17) is 27.9 Å². The van der Waals surface area contributed by atoms with Crippen LogP contribution in [0.1, 0.15) is 15.9 Å². The Bertz CT molecular complexity index is 565. The van der Waals surface area contributed by atoms with Crippen molar-refractivity contribution in [2.45, 2.75) is 0 Å². The molecule has 0 fully saturated rings. The van der Waals surface area contributed by atoms with Gasteiger partial charge in [-0.2, -0.15) is 0 Å². The van der Waals surface area contributed by atoms with Gasteiger partial charge in [-0.05, 0) is 24.3 Å². The number of aromatic nitrogens is 2. The highest BCUT2D eigenvalue weighted by molar-refractivity contribution is 6.39. The van der Waals surface area contributed by atoms with Crippen LogP contribution in [0.25, 0.3) is 0 Å². The summed E-state index contributed by atoms with van der Waals surface area (Å²) in [4.78, 5) is 19.7. The first kappa shape index (κ1) is 12.8. The number of methoxy groups -OCH3 is 1. The lowest BCUT2D eigenvalue weighted by Gasteiger charge is -2.05. The Hall–Kier alpha value is -1.65. The van der Waals surface area contributed by atoms with Crippen LogP contribution in [0.3, 0.4) is 0 Å². The first-order chi connectivity index (χ1) is 8.63. The topological polar surface area (TPSA) is 52.1 Å². The van der Waals surface area contributed by atoms with Crippen molar-refractivity contribution in [3.05, 3.63) is 52.0 Å². The average molecular weight is 283 g/mol. The molecule has 1 aromatic carbocycles. The molecule has 0 aliphatic heterocycles. The molecule has 0 amide bonds. The number of nitrogens with zero attached hydrogens (tertiary/aromatic N) is 2. The third-order valence-corrected chi connectivity index (χ3v) is 2.91. The van der Waals surface area contributed by atoms with E-state index in [9.17, 15) is 4.79 Å². The Morgan fingerprint density at radius 2 is 1.67 bits per heavy atom. The smallest absolute Gasteiger partial charge is 0.199 e. The second kappa shape index (κ2) is 5.33. The second-order valence-corrected chi connectivity index (χ2v) is 4.10. The molecule has 2 aromatic rings. The van der Waals surface area contributed by atoms with E-state index in [2.05, 4.69) is 9.97 Å². The van der Waals surface area contributed by atoms with Gasteiger partial charge in [-0.1, -0.05) is 23.2 Å². The summed E-state index contributed by atoms with van der Waals surface area (Å²) in [6.45, 7) is 0. The van der Waals surface area contributed by atoms with Gasteiger partial charge in [0.2, 0.25) is 0 Å². The molecule has 92 valence electrons. The third-order valence-electron chi connectivity index (χ3n) is 2.33. The van der Waals surface area contributed by atoms with Crippen LogP contribution in [0.2, 0.25) is 10.3 Å². The molecule has 0 N–H and O–H groups in total.